The summed E-state index contributed by atoms with van der Waals surface area (Å²) in [7, 11) is 3.75. The standard InChI is InChI=1S/C9H12N2O/c1-11(2)7-5-9(12)8-4-3-6-10-8/h3-7,10H,1-2H3/b7-5+. The van der Waals surface area contributed by atoms with Crippen molar-refractivity contribution in [2.75, 3.05) is 14.1 Å². The molecule has 3 nitrogen and oxygen atoms in total. The number of carbonyl (C=O) groups is 1. The lowest BCUT2D eigenvalue weighted by Gasteiger charge is -2.01. The van der Waals surface area contributed by atoms with Gasteiger partial charge in [-0.05, 0) is 12.1 Å². The Labute approximate surface area is 71.7 Å². The van der Waals surface area contributed by atoms with E-state index in [1.165, 1.54) is 6.08 Å². The normalized spacial score (nSPS) is 10.5. The third-order valence-corrected chi connectivity index (χ3v) is 1.39. The molecule has 1 heterocycles. The highest BCUT2D eigenvalue weighted by Gasteiger charge is 1.99. The van der Waals surface area contributed by atoms with E-state index in [-0.39, 0.29) is 5.78 Å². The van der Waals surface area contributed by atoms with Gasteiger partial charge in [-0.15, -0.1) is 0 Å². The summed E-state index contributed by atoms with van der Waals surface area (Å²) in [6, 6.07) is 3.55. The number of rotatable bonds is 3. The van der Waals surface area contributed by atoms with Crippen LogP contribution in [0.3, 0.4) is 0 Å². The van der Waals surface area contributed by atoms with Gasteiger partial charge in [0.1, 0.15) is 0 Å². The second-order valence-electron chi connectivity index (χ2n) is 2.73. The number of aromatic nitrogens is 1. The fraction of sp³-hybridized carbons (Fsp3) is 0.222. The minimum absolute atomic E-state index is 0.00583. The summed E-state index contributed by atoms with van der Waals surface area (Å²) in [4.78, 5) is 15.9. The van der Waals surface area contributed by atoms with Gasteiger partial charge in [0, 0.05) is 32.6 Å². The van der Waals surface area contributed by atoms with Crippen LogP contribution in [0.4, 0.5) is 0 Å². The van der Waals surface area contributed by atoms with E-state index in [2.05, 4.69) is 4.98 Å². The van der Waals surface area contributed by atoms with Crippen molar-refractivity contribution in [2.45, 2.75) is 0 Å². The van der Waals surface area contributed by atoms with E-state index in [0.29, 0.717) is 5.69 Å². The Hall–Kier alpha value is -1.51. The minimum Gasteiger partial charge on any atom is -0.383 e. The molecule has 0 atom stereocenters. The largest absolute Gasteiger partial charge is 0.383 e. The number of aromatic amines is 1. The molecule has 0 fully saturated rings. The topological polar surface area (TPSA) is 36.1 Å². The summed E-state index contributed by atoms with van der Waals surface area (Å²) in [6.45, 7) is 0. The molecule has 64 valence electrons. The third-order valence-electron chi connectivity index (χ3n) is 1.39. The Balaban J connectivity index is 2.62. The Bertz CT molecular complexity index is 273. The van der Waals surface area contributed by atoms with Gasteiger partial charge < -0.3 is 9.88 Å². The van der Waals surface area contributed by atoms with Gasteiger partial charge in [0.05, 0.1) is 5.69 Å². The second-order valence-corrected chi connectivity index (χ2v) is 2.73. The Morgan fingerprint density at radius 3 is 2.83 bits per heavy atom. The number of ketones is 1. The van der Waals surface area contributed by atoms with Crippen LogP contribution in [0.2, 0.25) is 0 Å². The lowest BCUT2D eigenvalue weighted by Crippen LogP contribution is -2.03. The molecule has 1 rings (SSSR count). The van der Waals surface area contributed by atoms with E-state index in [9.17, 15) is 4.79 Å². The van der Waals surface area contributed by atoms with Crippen molar-refractivity contribution in [3.63, 3.8) is 0 Å². The van der Waals surface area contributed by atoms with Crippen LogP contribution >= 0.6 is 0 Å². The van der Waals surface area contributed by atoms with Crippen LogP contribution in [0.25, 0.3) is 0 Å². The molecule has 0 amide bonds. The summed E-state index contributed by atoms with van der Waals surface area (Å²) in [6.07, 6.45) is 4.99. The van der Waals surface area contributed by atoms with Gasteiger partial charge in [-0.2, -0.15) is 0 Å². The Morgan fingerprint density at radius 1 is 1.58 bits per heavy atom. The smallest absolute Gasteiger partial charge is 0.203 e. The first-order valence-corrected chi connectivity index (χ1v) is 3.72. The maximum Gasteiger partial charge on any atom is 0.203 e. The molecule has 12 heavy (non-hydrogen) atoms. The monoisotopic (exact) mass is 164 g/mol. The van der Waals surface area contributed by atoms with Crippen LogP contribution in [0.5, 0.6) is 0 Å². The lowest BCUT2D eigenvalue weighted by atomic mass is 10.3. The quantitative estimate of drug-likeness (QED) is 0.539. The Morgan fingerprint density at radius 2 is 2.33 bits per heavy atom. The predicted molar refractivity (Wildman–Crippen MR) is 48.0 cm³/mol. The van der Waals surface area contributed by atoms with Gasteiger partial charge in [-0.3, -0.25) is 4.79 Å². The van der Waals surface area contributed by atoms with Gasteiger partial charge in [0.15, 0.2) is 0 Å². The van der Waals surface area contributed by atoms with E-state index in [1.54, 1.807) is 24.5 Å². The molecule has 1 aromatic heterocycles. The highest BCUT2D eigenvalue weighted by atomic mass is 16.1. The number of H-pyrrole nitrogens is 1. The number of allylic oxidation sites excluding steroid dienone is 1. The summed E-state index contributed by atoms with van der Waals surface area (Å²) in [5.41, 5.74) is 0.619. The van der Waals surface area contributed by atoms with Crippen molar-refractivity contribution >= 4 is 5.78 Å². The first kappa shape index (κ1) is 8.59. The van der Waals surface area contributed by atoms with Crippen molar-refractivity contribution in [1.29, 1.82) is 0 Å². The van der Waals surface area contributed by atoms with Gasteiger partial charge in [0.2, 0.25) is 5.78 Å². The maximum absolute atomic E-state index is 11.3. The fourth-order valence-corrected chi connectivity index (χ4v) is 0.790. The van der Waals surface area contributed by atoms with Crippen molar-refractivity contribution < 1.29 is 4.79 Å². The zero-order chi connectivity index (χ0) is 8.97. The fourth-order valence-electron chi connectivity index (χ4n) is 0.790. The van der Waals surface area contributed by atoms with E-state index >= 15 is 0 Å². The van der Waals surface area contributed by atoms with Gasteiger partial charge >= 0.3 is 0 Å². The molecule has 0 aliphatic rings. The molecule has 0 saturated carbocycles. The van der Waals surface area contributed by atoms with E-state index in [4.69, 9.17) is 0 Å². The van der Waals surface area contributed by atoms with E-state index < -0.39 is 0 Å². The minimum atomic E-state index is -0.00583. The molecule has 0 radical (unpaired) electrons. The number of nitrogens with one attached hydrogen (secondary N) is 1. The van der Waals surface area contributed by atoms with Crippen LogP contribution in [0.15, 0.2) is 30.6 Å². The zero-order valence-electron chi connectivity index (χ0n) is 7.24. The molecule has 3 heteroatoms. The van der Waals surface area contributed by atoms with Crippen molar-refractivity contribution in [3.8, 4) is 0 Å². The summed E-state index contributed by atoms with van der Waals surface area (Å²) in [5.74, 6) is -0.00583. The first-order chi connectivity index (χ1) is 5.70. The van der Waals surface area contributed by atoms with Gasteiger partial charge in [0.25, 0.3) is 0 Å². The first-order valence-electron chi connectivity index (χ1n) is 3.72. The lowest BCUT2D eigenvalue weighted by molar-refractivity contribution is 0.104. The molecule has 1 N–H and O–H groups in total. The molecule has 1 aromatic rings. The van der Waals surface area contributed by atoms with Crippen molar-refractivity contribution in [3.05, 3.63) is 36.3 Å². The molecule has 0 aliphatic carbocycles. The SMILES string of the molecule is CN(C)/C=C/C(=O)c1ccc[nH]1. The maximum atomic E-state index is 11.3. The van der Waals surface area contributed by atoms with Crippen LogP contribution in [0, 0.1) is 0 Å². The summed E-state index contributed by atoms with van der Waals surface area (Å²) in [5, 5.41) is 0. The highest BCUT2D eigenvalue weighted by molar-refractivity contribution is 6.02. The number of carbonyl (C=O) groups excluding carboxylic acids is 1. The second kappa shape index (κ2) is 3.76. The summed E-state index contributed by atoms with van der Waals surface area (Å²) >= 11 is 0. The molecular weight excluding hydrogens is 152 g/mol. The van der Waals surface area contributed by atoms with E-state index in [1.807, 2.05) is 19.0 Å². The molecule has 0 saturated heterocycles. The van der Waals surface area contributed by atoms with Crippen molar-refractivity contribution in [2.24, 2.45) is 0 Å². The third kappa shape index (κ3) is 2.27. The molecule has 0 aromatic carbocycles. The zero-order valence-corrected chi connectivity index (χ0v) is 7.24. The molecule has 0 spiro atoms. The number of hydrogen-bond acceptors (Lipinski definition) is 2. The highest BCUT2D eigenvalue weighted by Crippen LogP contribution is 1.97. The molecule has 0 unspecified atom stereocenters. The van der Waals surface area contributed by atoms with Crippen LogP contribution in [-0.2, 0) is 0 Å². The molecular formula is C9H12N2O. The van der Waals surface area contributed by atoms with Crippen LogP contribution < -0.4 is 0 Å². The average Bonchev–Trinajstić information content (AvgIpc) is 2.51. The predicted octanol–water partition coefficient (Wildman–Crippen LogP) is 1.27. The average molecular weight is 164 g/mol. The van der Waals surface area contributed by atoms with E-state index in [0.717, 1.165) is 0 Å². The van der Waals surface area contributed by atoms with Gasteiger partial charge in [-0.1, -0.05) is 0 Å². The summed E-state index contributed by atoms with van der Waals surface area (Å²) < 4.78 is 0. The molecule has 0 aliphatic heterocycles. The Kier molecular flexibility index (Phi) is 2.69. The molecule has 0 bridgehead atoms. The van der Waals surface area contributed by atoms with Crippen LogP contribution in [-0.4, -0.2) is 29.8 Å². The number of nitrogens with zero attached hydrogens (tertiary/aromatic N) is 1. The van der Waals surface area contributed by atoms with Crippen LogP contribution in [0.1, 0.15) is 10.5 Å². The number of hydrogen-bond donors (Lipinski definition) is 1. The van der Waals surface area contributed by atoms with Gasteiger partial charge in [-0.25, -0.2) is 0 Å². The van der Waals surface area contributed by atoms with Crippen molar-refractivity contribution in [1.82, 2.24) is 9.88 Å².